The second-order valence-electron chi connectivity index (χ2n) is 9.91. The van der Waals surface area contributed by atoms with Crippen LogP contribution in [0.25, 0.3) is 44.0 Å². The molecule has 2 aromatic heterocycles. The first-order valence-electron chi connectivity index (χ1n) is 13.4. The highest BCUT2D eigenvalue weighted by Gasteiger charge is 2.19. The smallest absolute Gasteiger partial charge is 0.226 e. The van der Waals surface area contributed by atoms with Crippen molar-refractivity contribution in [1.82, 2.24) is 9.97 Å². The predicted molar refractivity (Wildman–Crippen MR) is 159 cm³/mol. The number of amides is 1. The Hall–Kier alpha value is -4.44. The molecule has 0 spiro atoms. The van der Waals surface area contributed by atoms with Crippen LogP contribution in [0.3, 0.4) is 0 Å². The van der Waals surface area contributed by atoms with Crippen LogP contribution in [0, 0.1) is 6.92 Å². The number of aromatic nitrogens is 2. The van der Waals surface area contributed by atoms with Gasteiger partial charge in [0.1, 0.15) is 0 Å². The lowest BCUT2D eigenvalue weighted by Gasteiger charge is -2.23. The van der Waals surface area contributed by atoms with Crippen molar-refractivity contribution in [3.05, 3.63) is 108 Å². The molecule has 0 radical (unpaired) electrons. The summed E-state index contributed by atoms with van der Waals surface area (Å²) in [6.45, 7) is 4.81. The number of carbonyl (C=O) groups excluding carboxylic acids is 1. The van der Waals surface area contributed by atoms with Gasteiger partial charge in [-0.1, -0.05) is 72.3 Å². The number of hydrogen-bond acceptors (Lipinski definition) is 2. The Morgan fingerprint density at radius 3 is 2.50 bits per heavy atom. The van der Waals surface area contributed by atoms with E-state index in [-0.39, 0.29) is 5.91 Å². The Balaban J connectivity index is 1.29. The molecule has 1 N–H and O–H groups in total. The van der Waals surface area contributed by atoms with Crippen LogP contribution in [-0.2, 0) is 11.2 Å². The van der Waals surface area contributed by atoms with Gasteiger partial charge in [-0.15, -0.1) is 0 Å². The minimum atomic E-state index is 0.158. The third-order valence-corrected chi connectivity index (χ3v) is 7.41. The molecule has 4 nitrogen and oxygen atoms in total. The summed E-state index contributed by atoms with van der Waals surface area (Å²) in [5, 5.41) is 4.60. The predicted octanol–water partition coefficient (Wildman–Crippen LogP) is 8.22. The number of anilines is 1. The van der Waals surface area contributed by atoms with E-state index in [4.69, 9.17) is 4.98 Å². The summed E-state index contributed by atoms with van der Waals surface area (Å²) in [5.74, 6) is 0.158. The number of aromatic amines is 1. The lowest BCUT2D eigenvalue weighted by Crippen LogP contribution is -2.30. The lowest BCUT2D eigenvalue weighted by atomic mass is 10.0. The maximum atomic E-state index is 13.5. The molecular formula is C34H31N3O. The second-order valence-corrected chi connectivity index (χ2v) is 9.91. The van der Waals surface area contributed by atoms with Gasteiger partial charge in [-0.2, -0.15) is 0 Å². The van der Waals surface area contributed by atoms with Gasteiger partial charge < -0.3 is 9.88 Å². The molecule has 0 aliphatic carbocycles. The third-order valence-electron chi connectivity index (χ3n) is 7.41. The number of nitrogens with zero attached hydrogens (tertiary/aromatic N) is 2. The standard InChI is InChI=1S/C34H31N3O/c1-3-37(32-16-8-12-24-10-4-6-13-26(24)32)33(38)17-9-14-27-28-22-23(2)18-20-30(28)36-34(27)31-21-19-25-11-5-7-15-29(25)35-31/h4-8,10-13,15-16,18-22,36H,3,9,14,17H2,1-2H3. The summed E-state index contributed by atoms with van der Waals surface area (Å²) in [6.07, 6.45) is 2.05. The van der Waals surface area contributed by atoms with Crippen LogP contribution >= 0.6 is 0 Å². The van der Waals surface area contributed by atoms with Gasteiger partial charge in [-0.3, -0.25) is 4.79 Å². The molecule has 2 heterocycles. The topological polar surface area (TPSA) is 49.0 Å². The molecule has 0 fully saturated rings. The van der Waals surface area contributed by atoms with Crippen molar-refractivity contribution >= 4 is 44.2 Å². The van der Waals surface area contributed by atoms with Gasteiger partial charge in [0.05, 0.1) is 22.6 Å². The lowest BCUT2D eigenvalue weighted by molar-refractivity contribution is -0.118. The largest absolute Gasteiger partial charge is 0.353 e. The summed E-state index contributed by atoms with van der Waals surface area (Å²) in [5.41, 5.74) is 7.50. The maximum Gasteiger partial charge on any atom is 0.226 e. The fourth-order valence-electron chi connectivity index (χ4n) is 5.52. The number of pyridine rings is 1. The number of fused-ring (bicyclic) bond motifs is 3. The van der Waals surface area contributed by atoms with Gasteiger partial charge in [0, 0.05) is 34.6 Å². The summed E-state index contributed by atoms with van der Waals surface area (Å²) < 4.78 is 0. The van der Waals surface area contributed by atoms with Crippen LogP contribution in [0.2, 0.25) is 0 Å². The van der Waals surface area contributed by atoms with E-state index in [1.165, 1.54) is 16.5 Å². The average Bonchev–Trinajstić information content (AvgIpc) is 3.31. The van der Waals surface area contributed by atoms with Gasteiger partial charge in [0.25, 0.3) is 0 Å². The molecule has 0 saturated heterocycles. The molecule has 4 aromatic carbocycles. The van der Waals surface area contributed by atoms with Crippen LogP contribution in [0.4, 0.5) is 5.69 Å². The molecule has 0 saturated carbocycles. The van der Waals surface area contributed by atoms with Gasteiger partial charge in [0.15, 0.2) is 0 Å². The van der Waals surface area contributed by atoms with E-state index in [9.17, 15) is 4.79 Å². The normalized spacial score (nSPS) is 11.4. The van der Waals surface area contributed by atoms with Crippen LogP contribution in [0.15, 0.2) is 97.1 Å². The Labute approximate surface area is 222 Å². The van der Waals surface area contributed by atoms with Crippen molar-refractivity contribution in [3.8, 4) is 11.4 Å². The van der Waals surface area contributed by atoms with E-state index >= 15 is 0 Å². The van der Waals surface area contributed by atoms with Crippen molar-refractivity contribution in [2.75, 3.05) is 11.4 Å². The van der Waals surface area contributed by atoms with E-state index in [1.807, 2.05) is 42.2 Å². The van der Waals surface area contributed by atoms with Crippen molar-refractivity contribution in [2.24, 2.45) is 0 Å². The van der Waals surface area contributed by atoms with E-state index < -0.39 is 0 Å². The Kier molecular flexibility index (Phi) is 6.38. The zero-order valence-electron chi connectivity index (χ0n) is 21.9. The van der Waals surface area contributed by atoms with Crippen molar-refractivity contribution < 1.29 is 4.79 Å². The van der Waals surface area contributed by atoms with E-state index in [1.54, 1.807) is 0 Å². The molecule has 188 valence electrons. The highest BCUT2D eigenvalue weighted by atomic mass is 16.2. The van der Waals surface area contributed by atoms with Gasteiger partial charge in [-0.05, 0) is 68.0 Å². The molecule has 4 heteroatoms. The Morgan fingerprint density at radius 2 is 1.63 bits per heavy atom. The molecule has 0 atom stereocenters. The molecule has 0 bridgehead atoms. The molecular weight excluding hydrogens is 466 g/mol. The van der Waals surface area contributed by atoms with E-state index in [2.05, 4.69) is 78.6 Å². The first-order chi connectivity index (χ1) is 18.6. The average molecular weight is 498 g/mol. The summed E-state index contributed by atoms with van der Waals surface area (Å²) >= 11 is 0. The van der Waals surface area contributed by atoms with Crippen LogP contribution in [-0.4, -0.2) is 22.4 Å². The molecule has 1 amide bonds. The van der Waals surface area contributed by atoms with Gasteiger partial charge >= 0.3 is 0 Å². The monoisotopic (exact) mass is 497 g/mol. The second kappa shape index (κ2) is 10.1. The summed E-state index contributed by atoms with van der Waals surface area (Å²) in [6, 6.07) is 33.4. The molecule has 0 aliphatic rings. The number of hydrogen-bond donors (Lipinski definition) is 1. The molecule has 0 aliphatic heterocycles. The fraction of sp³-hybridized carbons (Fsp3) is 0.176. The third kappa shape index (κ3) is 4.43. The highest BCUT2D eigenvalue weighted by molar-refractivity contribution is 6.03. The zero-order valence-corrected chi connectivity index (χ0v) is 21.9. The van der Waals surface area contributed by atoms with Crippen LogP contribution < -0.4 is 4.90 Å². The number of H-pyrrole nitrogens is 1. The SMILES string of the molecule is CCN(C(=O)CCCc1c(-c2ccc3ccccc3n2)[nH]c2ccc(C)cc12)c1cccc2ccccc12. The van der Waals surface area contributed by atoms with E-state index in [0.717, 1.165) is 57.1 Å². The minimum Gasteiger partial charge on any atom is -0.353 e. The van der Waals surface area contributed by atoms with Crippen molar-refractivity contribution in [2.45, 2.75) is 33.1 Å². The van der Waals surface area contributed by atoms with Crippen LogP contribution in [0.5, 0.6) is 0 Å². The number of para-hydroxylation sites is 1. The Bertz CT molecular complexity index is 1780. The summed E-state index contributed by atoms with van der Waals surface area (Å²) in [7, 11) is 0. The number of rotatable bonds is 7. The summed E-state index contributed by atoms with van der Waals surface area (Å²) in [4.78, 5) is 24.0. The van der Waals surface area contributed by atoms with E-state index in [0.29, 0.717) is 13.0 Å². The number of aryl methyl sites for hydroxylation is 2. The first kappa shape index (κ1) is 23.9. The van der Waals surface area contributed by atoms with Crippen LogP contribution in [0.1, 0.15) is 30.9 Å². The quantitative estimate of drug-likeness (QED) is 0.241. The highest BCUT2D eigenvalue weighted by Crippen LogP contribution is 2.33. The van der Waals surface area contributed by atoms with Gasteiger partial charge in [-0.25, -0.2) is 4.98 Å². The number of benzene rings is 4. The zero-order chi connectivity index (χ0) is 26.1. The molecule has 6 aromatic rings. The fourth-order valence-corrected chi connectivity index (χ4v) is 5.52. The molecule has 6 rings (SSSR count). The number of carbonyl (C=O) groups is 1. The van der Waals surface area contributed by atoms with Crippen molar-refractivity contribution in [3.63, 3.8) is 0 Å². The minimum absolute atomic E-state index is 0.158. The number of nitrogens with one attached hydrogen (secondary N) is 1. The molecule has 0 unspecified atom stereocenters. The Morgan fingerprint density at radius 1 is 0.842 bits per heavy atom. The molecule has 38 heavy (non-hydrogen) atoms. The van der Waals surface area contributed by atoms with Gasteiger partial charge in [0.2, 0.25) is 5.91 Å². The van der Waals surface area contributed by atoms with Crippen molar-refractivity contribution in [1.29, 1.82) is 0 Å². The maximum absolute atomic E-state index is 13.5. The first-order valence-corrected chi connectivity index (χ1v) is 13.4.